The molecule has 0 radical (unpaired) electrons. The molecule has 4 heteroatoms. The average molecular weight is 281 g/mol. The Kier molecular flexibility index (Phi) is 2.98. The number of thiazole rings is 1. The maximum Gasteiger partial charge on any atom is 0.108 e. The van der Waals surface area contributed by atoms with Gasteiger partial charge in [0.1, 0.15) is 5.01 Å². The fourth-order valence-electron chi connectivity index (χ4n) is 2.82. The Balaban J connectivity index is 1.51. The van der Waals surface area contributed by atoms with Gasteiger partial charge >= 0.3 is 0 Å². The second-order valence-corrected chi connectivity index (χ2v) is 6.21. The van der Waals surface area contributed by atoms with Crippen LogP contribution in [0.25, 0.3) is 10.2 Å². The minimum Gasteiger partial charge on any atom is -0.302 e. The Bertz CT molecular complexity index is 717. The van der Waals surface area contributed by atoms with E-state index in [9.17, 15) is 0 Å². The summed E-state index contributed by atoms with van der Waals surface area (Å²) >= 11 is 1.77. The van der Waals surface area contributed by atoms with E-state index in [1.54, 1.807) is 11.3 Å². The molecule has 20 heavy (non-hydrogen) atoms. The summed E-state index contributed by atoms with van der Waals surface area (Å²) in [6.45, 7) is 0.819. The smallest absolute Gasteiger partial charge is 0.108 e. The number of rotatable bonds is 3. The highest BCUT2D eigenvalue weighted by atomic mass is 32.1. The van der Waals surface area contributed by atoms with Gasteiger partial charge < -0.3 is 5.32 Å². The predicted octanol–water partition coefficient (Wildman–Crippen LogP) is 3.47. The van der Waals surface area contributed by atoms with E-state index in [2.05, 4.69) is 39.6 Å². The summed E-state index contributed by atoms with van der Waals surface area (Å²) in [5.74, 6) is 0. The van der Waals surface area contributed by atoms with Crippen LogP contribution in [0.4, 0.5) is 0 Å². The molecule has 2 heterocycles. The van der Waals surface area contributed by atoms with E-state index < -0.39 is 0 Å². The molecule has 0 saturated heterocycles. The zero-order chi connectivity index (χ0) is 13.4. The Morgan fingerprint density at radius 1 is 1.20 bits per heavy atom. The van der Waals surface area contributed by atoms with Gasteiger partial charge in [0, 0.05) is 12.7 Å². The van der Waals surface area contributed by atoms with Crippen LogP contribution in [0.3, 0.4) is 0 Å². The van der Waals surface area contributed by atoms with Crippen molar-refractivity contribution in [1.82, 2.24) is 15.3 Å². The Labute approximate surface area is 121 Å². The largest absolute Gasteiger partial charge is 0.302 e. The van der Waals surface area contributed by atoms with Crippen molar-refractivity contribution in [2.24, 2.45) is 0 Å². The van der Waals surface area contributed by atoms with Crippen molar-refractivity contribution < 1.29 is 0 Å². The molecule has 3 aromatic rings. The van der Waals surface area contributed by atoms with Gasteiger partial charge in [-0.25, -0.2) is 4.98 Å². The van der Waals surface area contributed by atoms with Crippen LogP contribution in [-0.4, -0.2) is 9.97 Å². The molecular formula is C16H15N3S. The molecule has 0 bridgehead atoms. The Hall–Kier alpha value is -1.78. The van der Waals surface area contributed by atoms with Gasteiger partial charge in [-0.3, -0.25) is 4.98 Å². The lowest BCUT2D eigenvalue weighted by Gasteiger charge is -2.11. The van der Waals surface area contributed by atoms with Crippen LogP contribution in [-0.2, 0) is 13.0 Å². The Morgan fingerprint density at radius 2 is 2.15 bits per heavy atom. The number of aromatic nitrogens is 2. The van der Waals surface area contributed by atoms with Crippen LogP contribution in [0.1, 0.15) is 28.7 Å². The molecule has 4 rings (SSSR count). The fraction of sp³-hybridized carbons (Fsp3) is 0.250. The average Bonchev–Trinajstić information content (AvgIpc) is 3.08. The summed E-state index contributed by atoms with van der Waals surface area (Å²) in [6, 6.07) is 12.9. The molecule has 1 aromatic carbocycles. The molecule has 3 nitrogen and oxygen atoms in total. The van der Waals surface area contributed by atoms with E-state index >= 15 is 0 Å². The summed E-state index contributed by atoms with van der Waals surface area (Å²) < 4.78 is 1.26. The van der Waals surface area contributed by atoms with E-state index in [4.69, 9.17) is 0 Å². The molecule has 0 amide bonds. The van der Waals surface area contributed by atoms with Crippen LogP contribution >= 0.6 is 11.3 Å². The number of fused-ring (bicyclic) bond motifs is 2. The summed E-state index contributed by atoms with van der Waals surface area (Å²) in [6.07, 6.45) is 4.15. The number of hydrogen-bond donors (Lipinski definition) is 1. The first-order chi connectivity index (χ1) is 9.90. The van der Waals surface area contributed by atoms with Gasteiger partial charge in [-0.2, -0.15) is 0 Å². The molecular weight excluding hydrogens is 266 g/mol. The molecule has 1 unspecified atom stereocenters. The molecule has 0 spiro atoms. The number of para-hydroxylation sites is 1. The number of aryl methyl sites for hydroxylation is 1. The van der Waals surface area contributed by atoms with E-state index in [0.29, 0.717) is 6.04 Å². The maximum atomic E-state index is 4.67. The third-order valence-corrected chi connectivity index (χ3v) is 4.83. The molecule has 0 saturated carbocycles. The van der Waals surface area contributed by atoms with Crippen molar-refractivity contribution in [2.45, 2.75) is 25.4 Å². The second-order valence-electron chi connectivity index (χ2n) is 5.10. The van der Waals surface area contributed by atoms with Crippen molar-refractivity contribution in [2.75, 3.05) is 0 Å². The molecule has 0 fully saturated rings. The third kappa shape index (κ3) is 2.11. The number of hydrogen-bond acceptors (Lipinski definition) is 4. The third-order valence-electron chi connectivity index (χ3n) is 3.80. The second kappa shape index (κ2) is 4.96. The van der Waals surface area contributed by atoms with Crippen LogP contribution < -0.4 is 5.32 Å². The van der Waals surface area contributed by atoms with Gasteiger partial charge in [0.15, 0.2) is 0 Å². The normalized spacial score (nSPS) is 17.5. The number of nitrogens with zero attached hydrogens (tertiary/aromatic N) is 2. The summed E-state index contributed by atoms with van der Waals surface area (Å²) in [7, 11) is 0. The van der Waals surface area contributed by atoms with Gasteiger partial charge in [0.25, 0.3) is 0 Å². The summed E-state index contributed by atoms with van der Waals surface area (Å²) in [4.78, 5) is 9.18. The van der Waals surface area contributed by atoms with E-state index in [0.717, 1.165) is 29.9 Å². The Morgan fingerprint density at radius 3 is 3.10 bits per heavy atom. The van der Waals surface area contributed by atoms with Gasteiger partial charge in [-0.05, 0) is 36.6 Å². The summed E-state index contributed by atoms with van der Waals surface area (Å²) in [5, 5.41) is 4.75. The molecule has 1 atom stereocenters. The van der Waals surface area contributed by atoms with Gasteiger partial charge in [0.05, 0.1) is 22.0 Å². The molecule has 0 aliphatic heterocycles. The van der Waals surface area contributed by atoms with Gasteiger partial charge in [-0.15, -0.1) is 11.3 Å². The zero-order valence-electron chi connectivity index (χ0n) is 11.0. The molecule has 2 aromatic heterocycles. The van der Waals surface area contributed by atoms with Gasteiger partial charge in [-0.1, -0.05) is 18.2 Å². The van der Waals surface area contributed by atoms with E-state index in [1.165, 1.54) is 16.0 Å². The van der Waals surface area contributed by atoms with Crippen molar-refractivity contribution in [3.63, 3.8) is 0 Å². The first kappa shape index (κ1) is 12.0. The lowest BCUT2D eigenvalue weighted by atomic mass is 10.2. The van der Waals surface area contributed by atoms with Crippen molar-refractivity contribution in [3.8, 4) is 0 Å². The van der Waals surface area contributed by atoms with Crippen LogP contribution in [0.5, 0.6) is 0 Å². The first-order valence-electron chi connectivity index (χ1n) is 6.92. The van der Waals surface area contributed by atoms with Crippen LogP contribution in [0, 0.1) is 0 Å². The van der Waals surface area contributed by atoms with Gasteiger partial charge in [0.2, 0.25) is 0 Å². The minimum atomic E-state index is 0.373. The number of pyridine rings is 1. The van der Waals surface area contributed by atoms with E-state index in [-0.39, 0.29) is 0 Å². The number of nitrogens with one attached hydrogen (secondary N) is 1. The lowest BCUT2D eigenvalue weighted by molar-refractivity contribution is 0.520. The van der Waals surface area contributed by atoms with Crippen LogP contribution in [0.15, 0.2) is 42.6 Å². The molecule has 1 N–H and O–H groups in total. The monoisotopic (exact) mass is 281 g/mol. The highest BCUT2D eigenvalue weighted by Crippen LogP contribution is 2.29. The lowest BCUT2D eigenvalue weighted by Crippen LogP contribution is -2.19. The van der Waals surface area contributed by atoms with Crippen molar-refractivity contribution >= 4 is 21.6 Å². The zero-order valence-corrected chi connectivity index (χ0v) is 11.9. The highest BCUT2D eigenvalue weighted by Gasteiger charge is 2.23. The topological polar surface area (TPSA) is 37.8 Å². The summed E-state index contributed by atoms with van der Waals surface area (Å²) in [5.41, 5.74) is 3.70. The quantitative estimate of drug-likeness (QED) is 0.799. The van der Waals surface area contributed by atoms with Crippen molar-refractivity contribution in [1.29, 1.82) is 0 Å². The van der Waals surface area contributed by atoms with Crippen molar-refractivity contribution in [3.05, 3.63) is 58.9 Å². The fourth-order valence-corrected chi connectivity index (χ4v) is 3.74. The maximum absolute atomic E-state index is 4.67. The predicted molar refractivity (Wildman–Crippen MR) is 81.8 cm³/mol. The number of benzene rings is 1. The highest BCUT2D eigenvalue weighted by molar-refractivity contribution is 7.18. The first-order valence-corrected chi connectivity index (χ1v) is 7.73. The SMILES string of the molecule is c1cnc2c(c1)CCC2NCc1nc2ccccc2s1. The van der Waals surface area contributed by atoms with Crippen LogP contribution in [0.2, 0.25) is 0 Å². The standard InChI is InChI=1S/C16H15N3S/c1-2-6-14-12(5-1)19-15(20-14)10-18-13-8-7-11-4-3-9-17-16(11)13/h1-6,9,13,18H,7-8,10H2. The molecule has 1 aliphatic rings. The molecule has 1 aliphatic carbocycles. The molecule has 100 valence electrons. The van der Waals surface area contributed by atoms with E-state index in [1.807, 2.05) is 18.3 Å². The minimum absolute atomic E-state index is 0.373.